The van der Waals surface area contributed by atoms with Crippen molar-refractivity contribution in [3.05, 3.63) is 270 Å². The van der Waals surface area contributed by atoms with Crippen LogP contribution in [0.25, 0.3) is 33.4 Å². The summed E-state index contributed by atoms with van der Waals surface area (Å²) in [6.07, 6.45) is 0. The van der Waals surface area contributed by atoms with Crippen LogP contribution in [0.5, 0.6) is 23.0 Å². The van der Waals surface area contributed by atoms with Gasteiger partial charge in [0.05, 0.1) is 17.1 Å². The molecule has 0 N–H and O–H groups in total. The average Bonchev–Trinajstić information content (AvgIpc) is 2.91. The Morgan fingerprint density at radius 2 is 0.864 bits per heavy atom. The van der Waals surface area contributed by atoms with Crippen LogP contribution in [0.3, 0.4) is 0 Å². The second kappa shape index (κ2) is 17.5. The van der Waals surface area contributed by atoms with E-state index < -0.39 is 0 Å². The van der Waals surface area contributed by atoms with Crippen molar-refractivity contribution < 1.29 is 9.47 Å². The van der Waals surface area contributed by atoms with Gasteiger partial charge in [0.25, 0.3) is 0 Å². The first-order chi connectivity index (χ1) is 39.4. The number of hydrogen-bond donors (Lipinski definition) is 0. The van der Waals surface area contributed by atoms with Gasteiger partial charge in [0.1, 0.15) is 23.0 Å². The molecule has 0 fully saturated rings. The fourth-order valence-corrected chi connectivity index (χ4v) is 15.5. The number of nitrogens with zero attached hydrogens (tertiary/aromatic N) is 2. The first-order valence-electron chi connectivity index (χ1n) is 28.3. The van der Waals surface area contributed by atoms with E-state index >= 15 is 0 Å². The molecule has 16 rings (SSSR count). The molecule has 0 bridgehead atoms. The highest BCUT2D eigenvalue weighted by molar-refractivity contribution is 8.00. The molecular weight excluding hydrogens is 1000 g/mol. The van der Waals surface area contributed by atoms with E-state index in [1.165, 1.54) is 76.5 Å². The number of rotatable bonds is 5. The lowest BCUT2D eigenvalue weighted by atomic mass is 9.34. The Kier molecular flexibility index (Phi) is 10.4. The molecule has 0 spiro atoms. The van der Waals surface area contributed by atoms with E-state index in [4.69, 9.17) is 9.47 Å². The van der Waals surface area contributed by atoms with Gasteiger partial charge in [0, 0.05) is 82.5 Å². The Balaban J connectivity index is 1.01. The molecule has 0 aromatic heterocycles. The highest BCUT2D eigenvalue weighted by Gasteiger charge is 2.47. The van der Waals surface area contributed by atoms with Crippen LogP contribution in [-0.2, 0) is 16.2 Å². The minimum absolute atomic E-state index is 0.134. The second-order valence-corrected chi connectivity index (χ2v) is 25.1. The van der Waals surface area contributed by atoms with Crippen molar-refractivity contribution in [3.63, 3.8) is 0 Å². The summed E-state index contributed by atoms with van der Waals surface area (Å²) >= 11 is 1.88. The minimum atomic E-state index is -0.355. The maximum Gasteiger partial charge on any atom is 0.249 e. The van der Waals surface area contributed by atoms with Gasteiger partial charge in [0.2, 0.25) is 6.71 Å². The van der Waals surface area contributed by atoms with Gasteiger partial charge in [-0.25, -0.2) is 0 Å². The third-order valence-corrected chi connectivity index (χ3v) is 19.5. The SMILES string of the molecule is CC1(C)c2ccccc2Oc2cc3c(cc21)B1c2cc4c(cc2N(c2c(-c5ccccc5)cccc2-c2ccccc2)c2cc(-c5ccc6c(c5)C(C)(C)c5ccccc5N6c5ccccc5)cc(c21)S3)Oc1ccccc1C4(C)C. The third kappa shape index (κ3) is 7.06. The number of fused-ring (bicyclic) bond motifs is 10. The summed E-state index contributed by atoms with van der Waals surface area (Å²) in [5.41, 5.74) is 24.1. The highest BCUT2D eigenvalue weighted by Crippen LogP contribution is 2.57. The quantitative estimate of drug-likeness (QED) is 0.160. The zero-order valence-electron chi connectivity index (χ0n) is 46.2. The van der Waals surface area contributed by atoms with E-state index in [0.29, 0.717) is 0 Å². The molecule has 0 atom stereocenters. The number of benzene rings is 11. The van der Waals surface area contributed by atoms with E-state index in [9.17, 15) is 0 Å². The Morgan fingerprint density at radius 1 is 0.333 bits per heavy atom. The molecule has 388 valence electrons. The molecule has 5 aliphatic rings. The molecule has 0 aliphatic carbocycles. The smallest absolute Gasteiger partial charge is 0.249 e. The summed E-state index contributed by atoms with van der Waals surface area (Å²) in [5.74, 6) is 3.62. The van der Waals surface area contributed by atoms with Gasteiger partial charge in [0.15, 0.2) is 0 Å². The van der Waals surface area contributed by atoms with Crippen molar-refractivity contribution in [1.29, 1.82) is 0 Å². The van der Waals surface area contributed by atoms with E-state index in [-0.39, 0.29) is 23.0 Å². The van der Waals surface area contributed by atoms with Crippen LogP contribution in [0, 0.1) is 0 Å². The summed E-state index contributed by atoms with van der Waals surface area (Å²) in [7, 11) is 0. The van der Waals surface area contributed by atoms with Gasteiger partial charge in [-0.2, -0.15) is 0 Å². The monoisotopic (exact) mass is 1060 g/mol. The largest absolute Gasteiger partial charge is 0.457 e. The van der Waals surface area contributed by atoms with Gasteiger partial charge in [-0.3, -0.25) is 0 Å². The predicted molar refractivity (Wildman–Crippen MR) is 337 cm³/mol. The van der Waals surface area contributed by atoms with Crippen molar-refractivity contribution in [3.8, 4) is 56.4 Å². The summed E-state index contributed by atoms with van der Waals surface area (Å²) in [5, 5.41) is 0. The van der Waals surface area contributed by atoms with E-state index in [1.807, 2.05) is 11.8 Å². The van der Waals surface area contributed by atoms with Crippen molar-refractivity contribution in [2.45, 2.75) is 67.6 Å². The molecular formula is C75H57BN2O2S. The zero-order valence-corrected chi connectivity index (χ0v) is 47.0. The molecule has 0 radical (unpaired) electrons. The Labute approximate surface area is 479 Å². The number of hydrogen-bond acceptors (Lipinski definition) is 5. The van der Waals surface area contributed by atoms with Gasteiger partial charge in [-0.05, 0) is 105 Å². The molecule has 11 aromatic carbocycles. The van der Waals surface area contributed by atoms with Crippen molar-refractivity contribution >= 4 is 69.0 Å². The number of para-hydroxylation sites is 5. The minimum Gasteiger partial charge on any atom is -0.457 e. The highest BCUT2D eigenvalue weighted by atomic mass is 32.2. The summed E-state index contributed by atoms with van der Waals surface area (Å²) < 4.78 is 14.1. The fraction of sp³-hybridized carbons (Fsp3) is 0.120. The number of anilines is 6. The molecule has 5 aliphatic heterocycles. The van der Waals surface area contributed by atoms with Crippen molar-refractivity contribution in [2.75, 3.05) is 9.80 Å². The van der Waals surface area contributed by atoms with Crippen LogP contribution in [0.4, 0.5) is 34.1 Å². The van der Waals surface area contributed by atoms with Gasteiger partial charge >= 0.3 is 0 Å². The van der Waals surface area contributed by atoms with Crippen molar-refractivity contribution in [2.24, 2.45) is 0 Å². The molecule has 11 aromatic rings. The fourth-order valence-electron chi connectivity index (χ4n) is 14.2. The van der Waals surface area contributed by atoms with E-state index in [0.717, 1.165) is 73.6 Å². The average molecular weight is 1060 g/mol. The Morgan fingerprint density at radius 3 is 1.51 bits per heavy atom. The topological polar surface area (TPSA) is 24.9 Å². The maximum absolute atomic E-state index is 7.17. The first kappa shape index (κ1) is 48.0. The Bertz CT molecular complexity index is 4380. The van der Waals surface area contributed by atoms with Crippen LogP contribution < -0.4 is 35.7 Å². The molecule has 0 saturated heterocycles. The number of ether oxygens (including phenoxy) is 2. The molecule has 0 unspecified atom stereocenters. The van der Waals surface area contributed by atoms with Crippen molar-refractivity contribution in [1.82, 2.24) is 0 Å². The van der Waals surface area contributed by atoms with Gasteiger partial charge in [-0.1, -0.05) is 229 Å². The predicted octanol–water partition coefficient (Wildman–Crippen LogP) is 18.4. The zero-order chi connectivity index (χ0) is 54.5. The van der Waals surface area contributed by atoms with Crippen LogP contribution in [0.1, 0.15) is 74.9 Å². The standard InChI is InChI=1S/C75H57BN2O2S/c1-73(2)53-31-16-19-34-61(53)77(50-27-14-9-15-28-50)62-38-37-48(39-56(62)73)49-40-64-71-70(41-49)81-69-45-68-58(75(5,6)55-33-18-21-36-66(55)80-68)43-60(69)76(71)59-42-57-67(79-65-35-20-17-32-54(65)74(57,3)4)44-63(59)78(64)72-51(46-23-10-7-11-24-46)29-22-30-52(72)47-25-12-8-13-26-47/h7-45H,1-6H3. The van der Waals surface area contributed by atoms with E-state index in [1.54, 1.807) is 0 Å². The molecule has 0 saturated carbocycles. The summed E-state index contributed by atoms with van der Waals surface area (Å²) in [4.78, 5) is 7.51. The Hall–Kier alpha value is -8.97. The summed E-state index contributed by atoms with van der Waals surface area (Å²) in [6, 6.07) is 87.6. The van der Waals surface area contributed by atoms with E-state index in [2.05, 4.69) is 288 Å². The molecule has 81 heavy (non-hydrogen) atoms. The first-order valence-corrected chi connectivity index (χ1v) is 29.2. The molecule has 5 heterocycles. The molecule has 0 amide bonds. The van der Waals surface area contributed by atoms with Crippen LogP contribution in [-0.4, -0.2) is 6.71 Å². The lowest BCUT2D eigenvalue weighted by Gasteiger charge is -2.44. The normalized spacial score (nSPS) is 15.7. The van der Waals surface area contributed by atoms with Crippen LogP contribution >= 0.6 is 11.8 Å². The molecule has 6 heteroatoms. The second-order valence-electron chi connectivity index (χ2n) is 24.0. The van der Waals surface area contributed by atoms with Gasteiger partial charge < -0.3 is 19.3 Å². The van der Waals surface area contributed by atoms with Gasteiger partial charge in [-0.15, -0.1) is 0 Å². The van der Waals surface area contributed by atoms with Crippen LogP contribution in [0.2, 0.25) is 0 Å². The van der Waals surface area contributed by atoms with Crippen LogP contribution in [0.15, 0.2) is 246 Å². The lowest BCUT2D eigenvalue weighted by Crippen LogP contribution is -2.60. The summed E-state index contributed by atoms with van der Waals surface area (Å²) in [6.45, 7) is 14.1. The maximum atomic E-state index is 7.17. The molecule has 4 nitrogen and oxygen atoms in total. The third-order valence-electron chi connectivity index (χ3n) is 18.4. The lowest BCUT2D eigenvalue weighted by molar-refractivity contribution is 0.417.